The second kappa shape index (κ2) is 7.39. The van der Waals surface area contributed by atoms with E-state index in [1.165, 1.54) is 12.1 Å². The summed E-state index contributed by atoms with van der Waals surface area (Å²) in [5, 5.41) is 2.76. The smallest absolute Gasteiger partial charge is 0.241 e. The van der Waals surface area contributed by atoms with Gasteiger partial charge in [0, 0.05) is 0 Å². The van der Waals surface area contributed by atoms with Gasteiger partial charge in [-0.15, -0.1) is 0 Å². The maximum absolute atomic E-state index is 12.1. The Kier molecular flexibility index (Phi) is 5.52. The van der Waals surface area contributed by atoms with Crippen molar-refractivity contribution in [3.63, 3.8) is 0 Å². The number of sulfonamides is 1. The quantitative estimate of drug-likeness (QED) is 0.851. The number of amides is 1. The highest BCUT2D eigenvalue weighted by Gasteiger charge is 2.16. The first kappa shape index (κ1) is 17.2. The molecule has 1 atom stereocenters. The minimum Gasteiger partial charge on any atom is -0.348 e. The minimum atomic E-state index is -3.68. The van der Waals surface area contributed by atoms with Crippen LogP contribution in [0.4, 0.5) is 0 Å². The van der Waals surface area contributed by atoms with Crippen LogP contribution in [0, 0.1) is 6.92 Å². The van der Waals surface area contributed by atoms with Crippen LogP contribution in [0.2, 0.25) is 0 Å². The van der Waals surface area contributed by atoms with Gasteiger partial charge in [-0.1, -0.05) is 48.0 Å². The Labute approximate surface area is 136 Å². The van der Waals surface area contributed by atoms with Crippen LogP contribution >= 0.6 is 0 Å². The summed E-state index contributed by atoms with van der Waals surface area (Å²) >= 11 is 0. The Morgan fingerprint density at radius 2 is 1.65 bits per heavy atom. The molecule has 0 aromatic heterocycles. The minimum absolute atomic E-state index is 0.145. The lowest BCUT2D eigenvalue weighted by molar-refractivity contribution is -0.120. The van der Waals surface area contributed by atoms with Crippen LogP contribution < -0.4 is 10.0 Å². The fraction of sp³-hybridized carbons (Fsp3) is 0.235. The van der Waals surface area contributed by atoms with Crippen molar-refractivity contribution in [2.24, 2.45) is 0 Å². The molecule has 0 aliphatic rings. The summed E-state index contributed by atoms with van der Waals surface area (Å²) in [5.41, 5.74) is 1.93. The molecule has 0 spiro atoms. The van der Waals surface area contributed by atoms with E-state index in [1.807, 2.05) is 44.2 Å². The lowest BCUT2D eigenvalue weighted by atomic mass is 10.1. The van der Waals surface area contributed by atoms with Crippen LogP contribution in [0.25, 0.3) is 0 Å². The summed E-state index contributed by atoms with van der Waals surface area (Å²) in [4.78, 5) is 12.1. The second-order valence-corrected chi connectivity index (χ2v) is 7.10. The number of hydrogen-bond acceptors (Lipinski definition) is 3. The molecule has 0 fully saturated rings. The molecule has 0 unspecified atom stereocenters. The molecular weight excluding hydrogens is 312 g/mol. The Bertz CT molecular complexity index is 756. The zero-order valence-corrected chi connectivity index (χ0v) is 13.9. The number of rotatable bonds is 6. The van der Waals surface area contributed by atoms with Crippen LogP contribution in [0.15, 0.2) is 59.5 Å². The van der Waals surface area contributed by atoms with E-state index >= 15 is 0 Å². The molecule has 0 aliphatic carbocycles. The fourth-order valence-corrected chi connectivity index (χ4v) is 3.06. The van der Waals surface area contributed by atoms with E-state index in [1.54, 1.807) is 12.1 Å². The van der Waals surface area contributed by atoms with Gasteiger partial charge in [0.1, 0.15) is 0 Å². The van der Waals surface area contributed by atoms with Crippen LogP contribution in [0.3, 0.4) is 0 Å². The van der Waals surface area contributed by atoms with Crippen molar-refractivity contribution >= 4 is 15.9 Å². The molecule has 1 amide bonds. The average Bonchev–Trinajstić information content (AvgIpc) is 2.54. The maximum Gasteiger partial charge on any atom is 0.241 e. The van der Waals surface area contributed by atoms with Crippen LogP contribution in [0.5, 0.6) is 0 Å². The van der Waals surface area contributed by atoms with Crippen molar-refractivity contribution in [1.82, 2.24) is 10.0 Å². The molecule has 0 heterocycles. The fourth-order valence-electron chi connectivity index (χ4n) is 2.08. The van der Waals surface area contributed by atoms with Crippen molar-refractivity contribution in [3.8, 4) is 0 Å². The predicted octanol–water partition coefficient (Wildman–Crippen LogP) is 2.15. The Balaban J connectivity index is 1.92. The van der Waals surface area contributed by atoms with Gasteiger partial charge in [-0.25, -0.2) is 13.1 Å². The van der Waals surface area contributed by atoms with Crippen LogP contribution in [0.1, 0.15) is 24.1 Å². The highest BCUT2D eigenvalue weighted by Crippen LogP contribution is 2.11. The molecule has 0 bridgehead atoms. The molecule has 0 saturated heterocycles. The van der Waals surface area contributed by atoms with Crippen molar-refractivity contribution in [2.75, 3.05) is 6.54 Å². The second-order valence-electron chi connectivity index (χ2n) is 5.34. The van der Waals surface area contributed by atoms with Gasteiger partial charge < -0.3 is 5.32 Å². The van der Waals surface area contributed by atoms with Crippen LogP contribution in [-0.2, 0) is 14.8 Å². The van der Waals surface area contributed by atoms with E-state index in [0.29, 0.717) is 0 Å². The third-order valence-corrected chi connectivity index (χ3v) is 4.85. The Hall–Kier alpha value is -2.18. The van der Waals surface area contributed by atoms with Gasteiger partial charge in [0.2, 0.25) is 15.9 Å². The SMILES string of the molecule is Cc1ccc(S(=O)(=O)NCC(=O)N[C@@H](C)c2ccccc2)cc1. The lowest BCUT2D eigenvalue weighted by Gasteiger charge is -2.14. The van der Waals surface area contributed by atoms with Crippen molar-refractivity contribution in [1.29, 1.82) is 0 Å². The van der Waals surface area contributed by atoms with Crippen molar-refractivity contribution in [2.45, 2.75) is 24.8 Å². The highest BCUT2D eigenvalue weighted by atomic mass is 32.2. The Morgan fingerprint density at radius 3 is 2.26 bits per heavy atom. The van der Waals surface area contributed by atoms with E-state index in [0.717, 1.165) is 11.1 Å². The normalized spacial score (nSPS) is 12.6. The molecule has 0 aliphatic heterocycles. The molecule has 0 saturated carbocycles. The largest absolute Gasteiger partial charge is 0.348 e. The lowest BCUT2D eigenvalue weighted by Crippen LogP contribution is -2.38. The monoisotopic (exact) mass is 332 g/mol. The molecule has 122 valence electrons. The summed E-state index contributed by atoms with van der Waals surface area (Å²) in [7, 11) is -3.68. The number of benzene rings is 2. The van der Waals surface area contributed by atoms with E-state index in [-0.39, 0.29) is 23.4 Å². The van der Waals surface area contributed by atoms with Gasteiger partial charge in [0.25, 0.3) is 0 Å². The van der Waals surface area contributed by atoms with E-state index in [9.17, 15) is 13.2 Å². The summed E-state index contributed by atoms with van der Waals surface area (Å²) in [6, 6.07) is 15.8. The maximum atomic E-state index is 12.1. The molecule has 2 N–H and O–H groups in total. The molecule has 2 aromatic carbocycles. The molecule has 2 rings (SSSR count). The zero-order valence-electron chi connectivity index (χ0n) is 13.1. The molecule has 6 heteroatoms. The van der Waals surface area contributed by atoms with Crippen molar-refractivity contribution < 1.29 is 13.2 Å². The van der Waals surface area contributed by atoms with Gasteiger partial charge >= 0.3 is 0 Å². The predicted molar refractivity (Wildman–Crippen MR) is 89.4 cm³/mol. The van der Waals surface area contributed by atoms with Gasteiger partial charge in [0.05, 0.1) is 17.5 Å². The van der Waals surface area contributed by atoms with Crippen LogP contribution in [-0.4, -0.2) is 20.9 Å². The third kappa shape index (κ3) is 4.91. The molecule has 2 aromatic rings. The van der Waals surface area contributed by atoms with E-state index < -0.39 is 10.0 Å². The average molecular weight is 332 g/mol. The number of hydrogen-bond donors (Lipinski definition) is 2. The molecule has 23 heavy (non-hydrogen) atoms. The van der Waals surface area contributed by atoms with Gasteiger partial charge in [-0.05, 0) is 31.5 Å². The summed E-state index contributed by atoms with van der Waals surface area (Å²) in [6.45, 7) is 3.43. The van der Waals surface area contributed by atoms with E-state index in [2.05, 4.69) is 10.0 Å². The topological polar surface area (TPSA) is 75.3 Å². The number of aryl methyl sites for hydroxylation is 1. The first-order valence-electron chi connectivity index (χ1n) is 7.29. The molecule has 0 radical (unpaired) electrons. The summed E-state index contributed by atoms with van der Waals surface area (Å²) in [5.74, 6) is -0.378. The molecular formula is C17H20N2O3S. The van der Waals surface area contributed by atoms with Crippen molar-refractivity contribution in [3.05, 3.63) is 65.7 Å². The number of nitrogens with one attached hydrogen (secondary N) is 2. The summed E-state index contributed by atoms with van der Waals surface area (Å²) < 4.78 is 26.5. The first-order chi connectivity index (χ1) is 10.9. The standard InChI is InChI=1S/C17H20N2O3S/c1-13-8-10-16(11-9-13)23(21,22)18-12-17(20)19-14(2)15-6-4-3-5-7-15/h3-11,14,18H,12H2,1-2H3,(H,19,20)/t14-/m0/s1. The van der Waals surface area contributed by atoms with Gasteiger partial charge in [-0.3, -0.25) is 4.79 Å². The Morgan fingerprint density at radius 1 is 1.04 bits per heavy atom. The number of carbonyl (C=O) groups excluding carboxylic acids is 1. The third-order valence-electron chi connectivity index (χ3n) is 3.43. The van der Waals surface area contributed by atoms with Gasteiger partial charge in [-0.2, -0.15) is 0 Å². The zero-order chi connectivity index (χ0) is 16.9. The van der Waals surface area contributed by atoms with Gasteiger partial charge in [0.15, 0.2) is 0 Å². The van der Waals surface area contributed by atoms with E-state index in [4.69, 9.17) is 0 Å². The highest BCUT2D eigenvalue weighted by molar-refractivity contribution is 7.89. The number of carbonyl (C=O) groups is 1. The summed E-state index contributed by atoms with van der Waals surface area (Å²) in [6.07, 6.45) is 0. The molecule has 5 nitrogen and oxygen atoms in total. The first-order valence-corrected chi connectivity index (χ1v) is 8.77.